The van der Waals surface area contributed by atoms with Crippen LogP contribution in [0.2, 0.25) is 0 Å². The first-order valence-electron chi connectivity index (χ1n) is 13.4. The highest BCUT2D eigenvalue weighted by molar-refractivity contribution is 5.98. The Hall–Kier alpha value is -4.37. The zero-order chi connectivity index (χ0) is 29.3. The SMILES string of the molecule is Cc1cc(C(=O)NC[C@@H]2N=C(N)N3CC(NC(=O)c4cccc5c4OCCC5(C)C)C(O)(O)[C@@]34NC(N)=N[C@@H]24)n[nH]1. The van der Waals surface area contributed by atoms with Crippen LogP contribution in [-0.2, 0) is 5.41 Å². The second kappa shape index (κ2) is 9.07. The number of ether oxygens (including phenoxy) is 1. The Morgan fingerprint density at radius 3 is 2.73 bits per heavy atom. The molecular weight excluding hydrogens is 532 g/mol. The molecule has 15 nitrogen and oxygen atoms in total. The van der Waals surface area contributed by atoms with Crippen LogP contribution in [0.15, 0.2) is 34.3 Å². The number of aryl methyl sites for hydroxylation is 1. The van der Waals surface area contributed by atoms with Crippen molar-refractivity contribution in [3.05, 3.63) is 46.8 Å². The predicted octanol–water partition coefficient (Wildman–Crippen LogP) is -2.02. The summed E-state index contributed by atoms with van der Waals surface area (Å²) in [4.78, 5) is 36.5. The summed E-state index contributed by atoms with van der Waals surface area (Å²) in [7, 11) is 0. The summed E-state index contributed by atoms with van der Waals surface area (Å²) in [6.45, 7) is 6.26. The minimum atomic E-state index is -2.62. The Balaban J connectivity index is 1.27. The maximum atomic E-state index is 13.6. The summed E-state index contributed by atoms with van der Waals surface area (Å²) in [6, 6.07) is 3.93. The average molecular weight is 567 g/mol. The fraction of sp³-hybridized carbons (Fsp3) is 0.500. The van der Waals surface area contributed by atoms with E-state index in [1.54, 1.807) is 25.1 Å². The molecule has 0 saturated carbocycles. The van der Waals surface area contributed by atoms with E-state index in [-0.39, 0.29) is 41.7 Å². The standard InChI is InChI=1S/C26H34N10O5/c1-12-9-15(35-34-12)21(38)29-10-16-19-25(33-22(27)32-19)26(39,40)17(11-36(25)23(28)30-16)31-20(37)13-5-4-6-14-18(13)41-8-7-24(14,2)3/h4-6,9,16-17,19,39-40H,7-8,10-11H2,1-3H3,(H2,28,30)(H,29,38)(H,31,37)(H,34,35)(H3,27,32,33)/t16-,17?,19-,25-/m0/s1. The summed E-state index contributed by atoms with van der Waals surface area (Å²) in [5.41, 5.74) is 12.6. The monoisotopic (exact) mass is 566 g/mol. The number of carbonyl (C=O) groups excluding carboxylic acids is 2. The van der Waals surface area contributed by atoms with E-state index in [0.717, 1.165) is 17.7 Å². The van der Waals surface area contributed by atoms with Crippen LogP contribution in [0.1, 0.15) is 52.4 Å². The summed E-state index contributed by atoms with van der Waals surface area (Å²) in [6.07, 6.45) is 0.803. The third-order valence-electron chi connectivity index (χ3n) is 8.48. The quantitative estimate of drug-likeness (QED) is 0.185. The number of nitrogens with two attached hydrogens (primary N) is 2. The molecule has 2 aromatic rings. The van der Waals surface area contributed by atoms with E-state index in [1.807, 2.05) is 6.07 Å². The van der Waals surface area contributed by atoms with E-state index in [2.05, 4.69) is 50.0 Å². The van der Waals surface area contributed by atoms with Gasteiger partial charge in [0.05, 0.1) is 18.2 Å². The van der Waals surface area contributed by atoms with Gasteiger partial charge in [0.25, 0.3) is 11.8 Å². The summed E-state index contributed by atoms with van der Waals surface area (Å²) >= 11 is 0. The minimum Gasteiger partial charge on any atom is -0.492 e. The van der Waals surface area contributed by atoms with Crippen molar-refractivity contribution in [2.45, 2.75) is 62.2 Å². The number of amides is 2. The summed E-state index contributed by atoms with van der Waals surface area (Å²) in [5.74, 6) is -3.21. The molecule has 5 heterocycles. The number of hydrogen-bond donors (Lipinski definition) is 8. The van der Waals surface area contributed by atoms with Gasteiger partial charge in [0.2, 0.25) is 5.79 Å². The van der Waals surface area contributed by atoms with Crippen LogP contribution in [0.4, 0.5) is 0 Å². The Morgan fingerprint density at radius 2 is 2.00 bits per heavy atom. The molecule has 0 radical (unpaired) electrons. The van der Waals surface area contributed by atoms with Gasteiger partial charge in [0.1, 0.15) is 23.5 Å². The number of rotatable bonds is 5. The van der Waals surface area contributed by atoms with Gasteiger partial charge in [0, 0.05) is 24.3 Å². The van der Waals surface area contributed by atoms with Gasteiger partial charge in [-0.3, -0.25) is 14.7 Å². The maximum absolute atomic E-state index is 13.6. The van der Waals surface area contributed by atoms with Crippen molar-refractivity contribution in [1.82, 2.24) is 31.0 Å². The third-order valence-corrected chi connectivity index (χ3v) is 8.48. The van der Waals surface area contributed by atoms with Crippen molar-refractivity contribution in [2.24, 2.45) is 21.5 Å². The van der Waals surface area contributed by atoms with E-state index >= 15 is 0 Å². The Morgan fingerprint density at radius 1 is 1.22 bits per heavy atom. The Bertz CT molecular complexity index is 1480. The molecule has 1 saturated heterocycles. The molecule has 4 aliphatic rings. The van der Waals surface area contributed by atoms with Crippen LogP contribution in [0, 0.1) is 6.92 Å². The number of benzene rings is 1. The van der Waals surface area contributed by atoms with Crippen LogP contribution in [0.5, 0.6) is 5.75 Å². The predicted molar refractivity (Wildman–Crippen MR) is 147 cm³/mol. The van der Waals surface area contributed by atoms with Crippen LogP contribution in [0.3, 0.4) is 0 Å². The van der Waals surface area contributed by atoms with Crippen LogP contribution in [-0.4, -0.2) is 98.3 Å². The van der Waals surface area contributed by atoms with Gasteiger partial charge in [-0.2, -0.15) is 5.10 Å². The molecule has 0 aliphatic carbocycles. The second-order valence-electron chi connectivity index (χ2n) is 11.6. The first-order chi connectivity index (χ1) is 19.3. The number of nitrogens with one attached hydrogen (secondary N) is 4. The second-order valence-corrected chi connectivity index (χ2v) is 11.6. The largest absolute Gasteiger partial charge is 0.492 e. The van der Waals surface area contributed by atoms with E-state index in [4.69, 9.17) is 16.2 Å². The zero-order valence-electron chi connectivity index (χ0n) is 22.9. The molecule has 4 atom stereocenters. The molecule has 1 spiro atoms. The summed E-state index contributed by atoms with van der Waals surface area (Å²) < 4.78 is 5.89. The van der Waals surface area contributed by atoms with E-state index < -0.39 is 41.4 Å². The first kappa shape index (κ1) is 26.8. The lowest BCUT2D eigenvalue weighted by atomic mass is 9.79. The van der Waals surface area contributed by atoms with Crippen LogP contribution in [0.25, 0.3) is 0 Å². The fourth-order valence-corrected chi connectivity index (χ4v) is 6.26. The first-order valence-corrected chi connectivity index (χ1v) is 13.4. The van der Waals surface area contributed by atoms with Crippen molar-refractivity contribution in [3.63, 3.8) is 0 Å². The number of aromatic amines is 1. The molecule has 41 heavy (non-hydrogen) atoms. The number of fused-ring (bicyclic) bond motifs is 1. The van der Waals surface area contributed by atoms with Gasteiger partial charge in [-0.25, -0.2) is 9.98 Å². The number of aliphatic hydroxyl groups is 2. The molecular formula is C26H34N10O5. The number of guanidine groups is 2. The number of nitrogens with zero attached hydrogens (tertiary/aromatic N) is 4. The number of aliphatic imine (C=N–C) groups is 2. The average Bonchev–Trinajstić information content (AvgIpc) is 3.57. The van der Waals surface area contributed by atoms with Crippen LogP contribution >= 0.6 is 0 Å². The van der Waals surface area contributed by atoms with Crippen molar-refractivity contribution in [1.29, 1.82) is 0 Å². The molecule has 10 N–H and O–H groups in total. The Labute approximate surface area is 235 Å². The van der Waals surface area contributed by atoms with Crippen molar-refractivity contribution >= 4 is 23.7 Å². The zero-order valence-corrected chi connectivity index (χ0v) is 22.9. The van der Waals surface area contributed by atoms with Crippen molar-refractivity contribution < 1.29 is 24.5 Å². The van der Waals surface area contributed by atoms with Gasteiger partial charge in [-0.15, -0.1) is 0 Å². The molecule has 2 amide bonds. The van der Waals surface area contributed by atoms with Crippen molar-refractivity contribution in [3.8, 4) is 5.75 Å². The number of aromatic nitrogens is 2. The lowest BCUT2D eigenvalue weighted by Crippen LogP contribution is -2.78. The summed E-state index contributed by atoms with van der Waals surface area (Å²) in [5, 5.41) is 38.5. The number of H-pyrrole nitrogens is 1. The number of carbonyl (C=O) groups is 2. The highest BCUT2D eigenvalue weighted by Crippen LogP contribution is 2.45. The topological polar surface area (TPSA) is 229 Å². The molecule has 1 unspecified atom stereocenters. The lowest BCUT2D eigenvalue weighted by molar-refractivity contribution is -0.230. The molecule has 4 aliphatic heterocycles. The fourth-order valence-electron chi connectivity index (χ4n) is 6.26. The third kappa shape index (κ3) is 3.98. The van der Waals surface area contributed by atoms with E-state index in [9.17, 15) is 19.8 Å². The van der Waals surface area contributed by atoms with E-state index in [0.29, 0.717) is 12.4 Å². The number of hydrogen-bond acceptors (Lipinski definition) is 12. The van der Waals surface area contributed by atoms with E-state index in [1.165, 1.54) is 4.90 Å². The smallest absolute Gasteiger partial charge is 0.271 e. The highest BCUT2D eigenvalue weighted by atomic mass is 16.5. The maximum Gasteiger partial charge on any atom is 0.271 e. The van der Waals surface area contributed by atoms with Gasteiger partial charge < -0.3 is 47.3 Å². The normalized spacial score (nSPS) is 28.7. The van der Waals surface area contributed by atoms with Gasteiger partial charge >= 0.3 is 0 Å². The minimum absolute atomic E-state index is 0.0279. The highest BCUT2D eigenvalue weighted by Gasteiger charge is 2.73. The van der Waals surface area contributed by atoms with Crippen molar-refractivity contribution in [2.75, 3.05) is 19.7 Å². The van der Waals surface area contributed by atoms with Gasteiger partial charge in [-0.1, -0.05) is 26.0 Å². The van der Waals surface area contributed by atoms with Gasteiger partial charge in [0.15, 0.2) is 17.6 Å². The molecule has 1 fully saturated rings. The molecule has 6 rings (SSSR count). The molecule has 1 aromatic heterocycles. The molecule has 0 bridgehead atoms. The van der Waals surface area contributed by atoms with Gasteiger partial charge in [-0.05, 0) is 30.9 Å². The Kier molecular flexibility index (Phi) is 5.94. The number of para-hydroxylation sites is 1. The molecule has 1 aromatic carbocycles. The lowest BCUT2D eigenvalue weighted by Gasteiger charge is -2.49. The van der Waals surface area contributed by atoms with Crippen LogP contribution < -0.4 is 32.2 Å². The molecule has 15 heteroatoms. The molecule has 218 valence electrons.